The molecule has 0 N–H and O–H groups in total. The fraction of sp³-hybridized carbons (Fsp3) is 0.176. The lowest BCUT2D eigenvalue weighted by molar-refractivity contribution is -0.138. The molecule has 0 spiro atoms. The molecule has 0 unspecified atom stereocenters. The first-order valence-electron chi connectivity index (χ1n) is 6.95. The molecule has 0 atom stereocenters. The summed E-state index contributed by atoms with van der Waals surface area (Å²) in [6.45, 7) is 0. The molecule has 24 heavy (non-hydrogen) atoms. The van der Waals surface area contributed by atoms with E-state index in [0.29, 0.717) is 21.9 Å². The van der Waals surface area contributed by atoms with Crippen LogP contribution in [0.25, 0.3) is 6.08 Å². The van der Waals surface area contributed by atoms with E-state index in [1.165, 1.54) is 31.5 Å². The first kappa shape index (κ1) is 16.5. The highest BCUT2D eigenvalue weighted by atomic mass is 35.5. The van der Waals surface area contributed by atoms with Gasteiger partial charge in [0.2, 0.25) is 0 Å². The van der Waals surface area contributed by atoms with Crippen LogP contribution in [0.1, 0.15) is 27.2 Å². The van der Waals surface area contributed by atoms with Crippen molar-refractivity contribution in [3.8, 4) is 5.75 Å². The molecule has 1 aliphatic rings. The Morgan fingerprint density at radius 2 is 2.08 bits per heavy atom. The fourth-order valence-electron chi connectivity index (χ4n) is 2.62. The molecular weight excluding hydrogens is 343 g/mol. The maximum atomic E-state index is 13.0. The van der Waals surface area contributed by atoms with E-state index in [2.05, 4.69) is 4.98 Å². The average molecular weight is 354 g/mol. The summed E-state index contributed by atoms with van der Waals surface area (Å²) in [4.78, 5) is 16.2. The van der Waals surface area contributed by atoms with Gasteiger partial charge in [-0.3, -0.25) is 9.78 Å². The zero-order valence-corrected chi connectivity index (χ0v) is 13.2. The van der Waals surface area contributed by atoms with Crippen molar-refractivity contribution in [1.29, 1.82) is 0 Å². The Bertz CT molecular complexity index is 859. The first-order chi connectivity index (χ1) is 11.3. The number of allylic oxidation sites excluding steroid dienone is 1. The Hall–Kier alpha value is -2.34. The fourth-order valence-corrected chi connectivity index (χ4v) is 2.88. The summed E-state index contributed by atoms with van der Waals surface area (Å²) in [5.41, 5.74) is 0.114. The standard InChI is InChI=1S/C17H11ClF3NO2/c1-24-15-8-11-9(6-13(15)18)5-10(16(11)23)7-14-12(17(19,20)21)3-2-4-22-14/h2-4,6-8H,5H2,1H3/b10-7+. The number of methoxy groups -OCH3 is 1. The molecule has 0 fully saturated rings. The van der Waals surface area contributed by atoms with Gasteiger partial charge in [-0.05, 0) is 35.9 Å². The molecule has 0 bridgehead atoms. The second-order valence-electron chi connectivity index (χ2n) is 5.25. The second kappa shape index (κ2) is 5.94. The number of nitrogens with zero attached hydrogens (tertiary/aromatic N) is 1. The monoisotopic (exact) mass is 353 g/mol. The van der Waals surface area contributed by atoms with E-state index in [1.807, 2.05) is 0 Å². The van der Waals surface area contributed by atoms with Crippen LogP contribution >= 0.6 is 11.6 Å². The molecule has 124 valence electrons. The number of fused-ring (bicyclic) bond motifs is 1. The van der Waals surface area contributed by atoms with Crippen LogP contribution in [0.15, 0.2) is 36.0 Å². The van der Waals surface area contributed by atoms with Gasteiger partial charge in [0.05, 0.1) is 23.4 Å². The number of aromatic nitrogens is 1. The van der Waals surface area contributed by atoms with Crippen LogP contribution in [0.2, 0.25) is 5.02 Å². The highest BCUT2D eigenvalue weighted by Gasteiger charge is 2.34. The third kappa shape index (κ3) is 2.89. The highest BCUT2D eigenvalue weighted by molar-refractivity contribution is 6.32. The minimum Gasteiger partial charge on any atom is -0.495 e. The van der Waals surface area contributed by atoms with Crippen LogP contribution in [-0.4, -0.2) is 17.9 Å². The number of halogens is 4. The van der Waals surface area contributed by atoms with Crippen molar-refractivity contribution < 1.29 is 22.7 Å². The molecule has 1 aliphatic carbocycles. The van der Waals surface area contributed by atoms with Crippen molar-refractivity contribution >= 4 is 23.5 Å². The summed E-state index contributed by atoms with van der Waals surface area (Å²) in [6.07, 6.45) is -1.90. The zero-order valence-electron chi connectivity index (χ0n) is 12.4. The van der Waals surface area contributed by atoms with Crippen molar-refractivity contribution in [3.05, 3.63) is 63.4 Å². The summed E-state index contributed by atoms with van der Waals surface area (Å²) in [5.74, 6) is -0.00224. The molecule has 3 rings (SSSR count). The predicted molar refractivity (Wildman–Crippen MR) is 83.3 cm³/mol. The van der Waals surface area contributed by atoms with Crippen LogP contribution in [0.4, 0.5) is 13.2 Å². The van der Waals surface area contributed by atoms with Gasteiger partial charge in [-0.25, -0.2) is 0 Å². The van der Waals surface area contributed by atoms with Gasteiger partial charge in [0.1, 0.15) is 5.75 Å². The van der Waals surface area contributed by atoms with Gasteiger partial charge in [0.25, 0.3) is 0 Å². The van der Waals surface area contributed by atoms with Crippen LogP contribution in [0.3, 0.4) is 0 Å². The molecular formula is C17H11ClF3NO2. The lowest BCUT2D eigenvalue weighted by Crippen LogP contribution is -2.09. The number of hydrogen-bond donors (Lipinski definition) is 0. The topological polar surface area (TPSA) is 39.2 Å². The molecule has 0 aliphatic heterocycles. The Morgan fingerprint density at radius 3 is 2.75 bits per heavy atom. The first-order valence-corrected chi connectivity index (χ1v) is 7.33. The van der Waals surface area contributed by atoms with Gasteiger partial charge in [-0.1, -0.05) is 11.6 Å². The number of ether oxygens (including phenoxy) is 1. The van der Waals surface area contributed by atoms with Crippen molar-refractivity contribution in [1.82, 2.24) is 4.98 Å². The minimum atomic E-state index is -4.54. The van der Waals surface area contributed by atoms with Gasteiger partial charge in [-0.2, -0.15) is 13.2 Å². The quantitative estimate of drug-likeness (QED) is 0.741. The zero-order chi connectivity index (χ0) is 17.5. The number of Topliss-reactive ketones (excluding diaryl/α,β-unsaturated/α-hetero) is 1. The van der Waals surface area contributed by atoms with Crippen molar-refractivity contribution in [2.75, 3.05) is 7.11 Å². The van der Waals surface area contributed by atoms with Gasteiger partial charge in [0, 0.05) is 23.8 Å². The predicted octanol–water partition coefficient (Wildman–Crippen LogP) is 4.58. The van der Waals surface area contributed by atoms with E-state index in [9.17, 15) is 18.0 Å². The number of ketones is 1. The van der Waals surface area contributed by atoms with E-state index < -0.39 is 11.7 Å². The molecule has 3 nitrogen and oxygen atoms in total. The highest BCUT2D eigenvalue weighted by Crippen LogP contribution is 2.37. The Morgan fingerprint density at radius 1 is 1.33 bits per heavy atom. The van der Waals surface area contributed by atoms with Gasteiger partial charge >= 0.3 is 6.18 Å². The Labute approximate surface area is 140 Å². The second-order valence-corrected chi connectivity index (χ2v) is 5.66. The maximum absolute atomic E-state index is 13.0. The average Bonchev–Trinajstić information content (AvgIpc) is 2.81. The van der Waals surface area contributed by atoms with Crippen LogP contribution in [0.5, 0.6) is 5.75 Å². The van der Waals surface area contributed by atoms with Crippen LogP contribution in [0, 0.1) is 0 Å². The molecule has 1 aromatic carbocycles. The Balaban J connectivity index is 2.04. The summed E-state index contributed by atoms with van der Waals surface area (Å²) >= 11 is 6.03. The Kier molecular flexibility index (Phi) is 4.09. The molecule has 0 amide bonds. The SMILES string of the molecule is COc1cc2c(cc1Cl)C/C(=C\c1ncccc1C(F)(F)F)C2=O. The van der Waals surface area contributed by atoms with E-state index in [4.69, 9.17) is 16.3 Å². The lowest BCUT2D eigenvalue weighted by atomic mass is 10.1. The third-order valence-electron chi connectivity index (χ3n) is 3.75. The summed E-state index contributed by atoms with van der Waals surface area (Å²) in [7, 11) is 1.42. The molecule has 0 saturated heterocycles. The largest absolute Gasteiger partial charge is 0.495 e. The van der Waals surface area contributed by atoms with Crippen LogP contribution in [-0.2, 0) is 12.6 Å². The molecule has 0 radical (unpaired) electrons. The number of hydrogen-bond acceptors (Lipinski definition) is 3. The van der Waals surface area contributed by atoms with E-state index >= 15 is 0 Å². The van der Waals surface area contributed by atoms with Gasteiger partial charge < -0.3 is 4.74 Å². The van der Waals surface area contributed by atoms with E-state index in [1.54, 1.807) is 6.07 Å². The minimum absolute atomic E-state index is 0.200. The van der Waals surface area contributed by atoms with Crippen LogP contribution < -0.4 is 4.74 Å². The van der Waals surface area contributed by atoms with Crippen molar-refractivity contribution in [3.63, 3.8) is 0 Å². The maximum Gasteiger partial charge on any atom is 0.418 e. The molecule has 0 saturated carbocycles. The van der Waals surface area contributed by atoms with Crippen molar-refractivity contribution in [2.45, 2.75) is 12.6 Å². The number of benzene rings is 1. The van der Waals surface area contributed by atoms with Gasteiger partial charge in [-0.15, -0.1) is 0 Å². The van der Waals surface area contributed by atoms with E-state index in [0.717, 1.165) is 6.07 Å². The van der Waals surface area contributed by atoms with Crippen molar-refractivity contribution in [2.24, 2.45) is 0 Å². The van der Waals surface area contributed by atoms with Gasteiger partial charge in [0.15, 0.2) is 5.78 Å². The molecule has 7 heteroatoms. The van der Waals surface area contributed by atoms with E-state index in [-0.39, 0.29) is 23.5 Å². The molecule has 2 aromatic rings. The smallest absolute Gasteiger partial charge is 0.418 e. The summed E-state index contributed by atoms with van der Waals surface area (Å²) in [5, 5.41) is 0.346. The number of alkyl halides is 3. The summed E-state index contributed by atoms with van der Waals surface area (Å²) in [6, 6.07) is 5.24. The third-order valence-corrected chi connectivity index (χ3v) is 4.05. The lowest BCUT2D eigenvalue weighted by Gasteiger charge is -2.09. The number of rotatable bonds is 2. The molecule has 1 heterocycles. The number of carbonyl (C=O) groups excluding carboxylic acids is 1. The normalized spacial score (nSPS) is 15.7. The summed E-state index contributed by atoms with van der Waals surface area (Å²) < 4.78 is 44.2. The number of pyridine rings is 1. The molecule has 1 aromatic heterocycles. The number of carbonyl (C=O) groups is 1.